The number of nitrogens with two attached hydrogens (primary N) is 1. The fourth-order valence-electron chi connectivity index (χ4n) is 2.00. The highest BCUT2D eigenvalue weighted by Crippen LogP contribution is 2.30. The first-order chi connectivity index (χ1) is 8.36. The van der Waals surface area contributed by atoms with Gasteiger partial charge in [-0.1, -0.05) is 24.3 Å². The lowest BCUT2D eigenvalue weighted by molar-refractivity contribution is 0.873. The Morgan fingerprint density at radius 1 is 1.12 bits per heavy atom. The third kappa shape index (κ3) is 1.84. The maximum atomic E-state index is 6.31. The Morgan fingerprint density at radius 3 is 2.88 bits per heavy atom. The first kappa shape index (κ1) is 10.4. The van der Waals surface area contributed by atoms with E-state index in [1.165, 1.54) is 15.6 Å². The number of nitrogens with zero attached hydrogens (tertiary/aromatic N) is 1. The van der Waals surface area contributed by atoms with Gasteiger partial charge in [-0.05, 0) is 34.0 Å². The van der Waals surface area contributed by atoms with E-state index in [0.717, 1.165) is 5.56 Å². The van der Waals surface area contributed by atoms with E-state index in [9.17, 15) is 0 Å². The molecule has 1 unspecified atom stereocenters. The van der Waals surface area contributed by atoms with Gasteiger partial charge >= 0.3 is 0 Å². The van der Waals surface area contributed by atoms with Crippen LogP contribution in [-0.2, 0) is 0 Å². The van der Waals surface area contributed by atoms with Crippen molar-refractivity contribution in [2.24, 2.45) is 5.73 Å². The van der Waals surface area contributed by atoms with E-state index in [4.69, 9.17) is 5.73 Å². The van der Waals surface area contributed by atoms with E-state index in [1.807, 2.05) is 18.3 Å². The Kier molecular flexibility index (Phi) is 2.63. The highest BCUT2D eigenvalue weighted by atomic mass is 32.1. The minimum Gasteiger partial charge on any atom is -0.320 e. The van der Waals surface area contributed by atoms with Gasteiger partial charge < -0.3 is 5.73 Å². The van der Waals surface area contributed by atoms with Crippen molar-refractivity contribution < 1.29 is 0 Å². The molecule has 3 rings (SSSR count). The molecule has 2 heterocycles. The Hall–Kier alpha value is -1.71. The highest BCUT2D eigenvalue weighted by Gasteiger charge is 2.12. The van der Waals surface area contributed by atoms with Gasteiger partial charge in [-0.3, -0.25) is 4.98 Å². The van der Waals surface area contributed by atoms with Crippen LogP contribution in [0.4, 0.5) is 0 Å². The van der Waals surface area contributed by atoms with Crippen molar-refractivity contribution >= 4 is 21.4 Å². The van der Waals surface area contributed by atoms with E-state index in [-0.39, 0.29) is 6.04 Å². The smallest absolute Gasteiger partial charge is 0.0581 e. The molecule has 1 aromatic carbocycles. The topological polar surface area (TPSA) is 38.9 Å². The zero-order valence-corrected chi connectivity index (χ0v) is 10.0. The molecule has 1 atom stereocenters. The first-order valence-corrected chi connectivity index (χ1v) is 6.36. The summed E-state index contributed by atoms with van der Waals surface area (Å²) in [5.74, 6) is 0. The summed E-state index contributed by atoms with van der Waals surface area (Å²) in [4.78, 5) is 4.12. The van der Waals surface area contributed by atoms with Crippen LogP contribution in [0.2, 0.25) is 0 Å². The molecule has 0 amide bonds. The number of benzene rings is 1. The first-order valence-electron chi connectivity index (χ1n) is 5.48. The maximum absolute atomic E-state index is 6.31. The average molecular weight is 240 g/mol. The number of hydrogen-bond acceptors (Lipinski definition) is 3. The number of fused-ring (bicyclic) bond motifs is 1. The molecule has 0 bridgehead atoms. The summed E-state index contributed by atoms with van der Waals surface area (Å²) in [6.45, 7) is 0. The largest absolute Gasteiger partial charge is 0.320 e. The molecule has 0 spiro atoms. The van der Waals surface area contributed by atoms with Gasteiger partial charge in [0, 0.05) is 17.1 Å². The van der Waals surface area contributed by atoms with E-state index in [0.29, 0.717) is 0 Å². The van der Waals surface area contributed by atoms with Crippen LogP contribution in [0.25, 0.3) is 10.1 Å². The molecule has 3 heteroatoms. The van der Waals surface area contributed by atoms with Crippen LogP contribution in [0, 0.1) is 0 Å². The second-order valence-electron chi connectivity index (χ2n) is 3.95. The van der Waals surface area contributed by atoms with Gasteiger partial charge in [0.05, 0.1) is 6.04 Å². The van der Waals surface area contributed by atoms with Crippen molar-refractivity contribution in [3.8, 4) is 0 Å². The fourth-order valence-corrected chi connectivity index (χ4v) is 2.95. The Labute approximate surface area is 104 Å². The van der Waals surface area contributed by atoms with Gasteiger partial charge in [0.2, 0.25) is 0 Å². The van der Waals surface area contributed by atoms with Crippen molar-refractivity contribution in [2.45, 2.75) is 6.04 Å². The molecule has 17 heavy (non-hydrogen) atoms. The minimum absolute atomic E-state index is 0.106. The summed E-state index contributed by atoms with van der Waals surface area (Å²) < 4.78 is 1.27. The zero-order valence-electron chi connectivity index (χ0n) is 9.21. The minimum atomic E-state index is -0.106. The number of aromatic nitrogens is 1. The second kappa shape index (κ2) is 4.28. The van der Waals surface area contributed by atoms with Crippen molar-refractivity contribution in [3.05, 3.63) is 65.3 Å². The molecule has 0 fully saturated rings. The van der Waals surface area contributed by atoms with Crippen LogP contribution < -0.4 is 5.73 Å². The number of pyridine rings is 1. The van der Waals surface area contributed by atoms with Crippen molar-refractivity contribution in [2.75, 3.05) is 0 Å². The lowest BCUT2D eigenvalue weighted by Gasteiger charge is -2.12. The summed E-state index contributed by atoms with van der Waals surface area (Å²) in [6.07, 6.45) is 3.60. The molecule has 0 saturated heterocycles. The maximum Gasteiger partial charge on any atom is 0.0581 e. The summed E-state index contributed by atoms with van der Waals surface area (Å²) in [5, 5.41) is 3.36. The van der Waals surface area contributed by atoms with E-state index < -0.39 is 0 Å². The van der Waals surface area contributed by atoms with Gasteiger partial charge in [-0.25, -0.2) is 0 Å². The van der Waals surface area contributed by atoms with E-state index in [2.05, 4.69) is 34.6 Å². The molecular formula is C14H12N2S. The molecule has 2 N–H and O–H groups in total. The molecule has 0 aliphatic heterocycles. The Balaban J connectivity index is 2.13. The lowest BCUT2D eigenvalue weighted by atomic mass is 10.0. The zero-order chi connectivity index (χ0) is 11.7. The molecule has 2 aromatic heterocycles. The van der Waals surface area contributed by atoms with Crippen molar-refractivity contribution in [1.29, 1.82) is 0 Å². The lowest BCUT2D eigenvalue weighted by Crippen LogP contribution is -2.11. The number of rotatable bonds is 2. The Bertz CT molecular complexity index is 631. The second-order valence-corrected chi connectivity index (χ2v) is 4.87. The summed E-state index contributed by atoms with van der Waals surface area (Å²) in [5.41, 5.74) is 8.53. The van der Waals surface area contributed by atoms with Gasteiger partial charge in [-0.2, -0.15) is 0 Å². The van der Waals surface area contributed by atoms with Crippen LogP contribution in [0.3, 0.4) is 0 Å². The van der Waals surface area contributed by atoms with Gasteiger partial charge in [0.1, 0.15) is 0 Å². The molecule has 0 saturated carbocycles. The number of thiophene rings is 1. The van der Waals surface area contributed by atoms with Crippen LogP contribution in [0.1, 0.15) is 17.2 Å². The monoisotopic (exact) mass is 240 g/mol. The van der Waals surface area contributed by atoms with E-state index >= 15 is 0 Å². The normalized spacial score (nSPS) is 12.8. The average Bonchev–Trinajstić information content (AvgIpc) is 2.87. The van der Waals surface area contributed by atoms with Crippen molar-refractivity contribution in [3.63, 3.8) is 0 Å². The molecular weight excluding hydrogens is 228 g/mol. The fraction of sp³-hybridized carbons (Fsp3) is 0.0714. The molecule has 3 aromatic rings. The third-order valence-corrected chi connectivity index (χ3v) is 3.87. The quantitative estimate of drug-likeness (QED) is 0.746. The van der Waals surface area contributed by atoms with Gasteiger partial charge in [0.15, 0.2) is 0 Å². The summed E-state index contributed by atoms with van der Waals surface area (Å²) >= 11 is 1.74. The predicted octanol–water partition coefficient (Wildman–Crippen LogP) is 3.34. The highest BCUT2D eigenvalue weighted by molar-refractivity contribution is 7.17. The van der Waals surface area contributed by atoms with Gasteiger partial charge in [0.25, 0.3) is 0 Å². The molecule has 0 aliphatic carbocycles. The van der Waals surface area contributed by atoms with E-state index in [1.54, 1.807) is 17.5 Å². The van der Waals surface area contributed by atoms with Crippen LogP contribution in [0.5, 0.6) is 0 Å². The van der Waals surface area contributed by atoms with Crippen LogP contribution >= 0.6 is 11.3 Å². The predicted molar refractivity (Wildman–Crippen MR) is 72.1 cm³/mol. The molecule has 84 valence electrons. The van der Waals surface area contributed by atoms with Crippen LogP contribution in [0.15, 0.2) is 54.2 Å². The summed E-state index contributed by atoms with van der Waals surface area (Å²) in [7, 11) is 0. The molecule has 2 nitrogen and oxygen atoms in total. The van der Waals surface area contributed by atoms with Gasteiger partial charge in [-0.15, -0.1) is 11.3 Å². The SMILES string of the molecule is NC(c1cccnc1)c1cccc2ccsc12. The summed E-state index contributed by atoms with van der Waals surface area (Å²) in [6, 6.07) is 12.2. The Morgan fingerprint density at radius 2 is 2.06 bits per heavy atom. The third-order valence-electron chi connectivity index (χ3n) is 2.89. The van der Waals surface area contributed by atoms with Crippen molar-refractivity contribution in [1.82, 2.24) is 4.98 Å². The van der Waals surface area contributed by atoms with Crippen LogP contribution in [-0.4, -0.2) is 4.98 Å². The molecule has 0 radical (unpaired) electrons. The molecule has 0 aliphatic rings. The standard InChI is InChI=1S/C14H12N2S/c15-13(11-4-2-7-16-9-11)12-5-1-3-10-6-8-17-14(10)12/h1-9,13H,15H2. The number of hydrogen-bond donors (Lipinski definition) is 1.